The molecule has 6 heteroatoms. The molecular formula is C22H37ClN4O. The Labute approximate surface area is 175 Å². The molecule has 5 N–H and O–H groups in total. The number of anilines is 1. The van der Waals surface area contributed by atoms with Crippen LogP contribution in [-0.2, 0) is 0 Å². The minimum atomic E-state index is -0.0630. The number of carbonyl (C=O) groups is 1. The first-order valence-electron chi connectivity index (χ1n) is 10.3. The predicted molar refractivity (Wildman–Crippen MR) is 119 cm³/mol. The fourth-order valence-corrected chi connectivity index (χ4v) is 4.97. The number of fused-ring (bicyclic) bond motifs is 2. The van der Waals surface area contributed by atoms with Crippen molar-refractivity contribution in [2.45, 2.75) is 52.4 Å². The van der Waals surface area contributed by atoms with Crippen molar-refractivity contribution in [2.75, 3.05) is 38.0 Å². The summed E-state index contributed by atoms with van der Waals surface area (Å²) in [4.78, 5) is 12.8. The summed E-state index contributed by atoms with van der Waals surface area (Å²) < 4.78 is 0. The number of rotatable bonds is 9. The highest BCUT2D eigenvalue weighted by Gasteiger charge is 2.39. The maximum Gasteiger partial charge on any atom is 0.252 e. The Morgan fingerprint density at radius 2 is 1.93 bits per heavy atom. The van der Waals surface area contributed by atoms with Crippen molar-refractivity contribution in [3.8, 4) is 0 Å². The Hall–Kier alpha value is -1.30. The first kappa shape index (κ1) is 23.0. The van der Waals surface area contributed by atoms with Crippen molar-refractivity contribution in [3.05, 3.63) is 28.8 Å². The van der Waals surface area contributed by atoms with Gasteiger partial charge in [-0.05, 0) is 48.8 Å². The molecule has 0 radical (unpaired) electrons. The number of nitrogens with two attached hydrogens (primary N) is 1. The number of carbonyl (C=O) groups excluding carboxylic acids is 1. The SMILES string of the molecule is C.NCCNCCNc1ccc(Cl)c(C(=O)NCC23CCCC(CCC2)C3)c1. The molecule has 0 heterocycles. The summed E-state index contributed by atoms with van der Waals surface area (Å²) in [7, 11) is 0. The van der Waals surface area contributed by atoms with Crippen molar-refractivity contribution < 1.29 is 4.79 Å². The lowest BCUT2D eigenvalue weighted by molar-refractivity contribution is 0.0682. The van der Waals surface area contributed by atoms with Gasteiger partial charge in [-0.15, -0.1) is 0 Å². The average Bonchev–Trinajstić information content (AvgIpc) is 2.67. The Morgan fingerprint density at radius 3 is 2.64 bits per heavy atom. The molecule has 0 atom stereocenters. The summed E-state index contributed by atoms with van der Waals surface area (Å²) in [5.41, 5.74) is 7.24. The highest BCUT2D eigenvalue weighted by molar-refractivity contribution is 6.34. The first-order valence-corrected chi connectivity index (χ1v) is 10.7. The molecule has 3 rings (SSSR count). The van der Waals surface area contributed by atoms with E-state index in [0.29, 0.717) is 22.5 Å². The smallest absolute Gasteiger partial charge is 0.252 e. The fraction of sp³-hybridized carbons (Fsp3) is 0.682. The molecule has 158 valence electrons. The standard InChI is InChI=1S/C21H33ClN4O.CH4/c22-19-6-5-17(25-12-11-24-10-9-23)13-18(19)20(27)26-15-21-7-1-3-16(14-21)4-2-8-21;/h5-6,13,16,24-25H,1-4,7-12,14-15,23H2,(H,26,27);1H4. The van der Waals surface area contributed by atoms with Crippen molar-refractivity contribution in [2.24, 2.45) is 17.1 Å². The molecule has 2 bridgehead atoms. The van der Waals surface area contributed by atoms with E-state index in [9.17, 15) is 4.79 Å². The van der Waals surface area contributed by atoms with E-state index in [4.69, 9.17) is 17.3 Å². The Balaban J connectivity index is 0.00000280. The van der Waals surface area contributed by atoms with Gasteiger partial charge in [-0.25, -0.2) is 0 Å². The summed E-state index contributed by atoms with van der Waals surface area (Å²) in [6.07, 6.45) is 9.12. The van der Waals surface area contributed by atoms with Crippen LogP contribution in [0.2, 0.25) is 5.02 Å². The summed E-state index contributed by atoms with van der Waals surface area (Å²) >= 11 is 6.30. The van der Waals surface area contributed by atoms with Crippen LogP contribution in [0.4, 0.5) is 5.69 Å². The van der Waals surface area contributed by atoms with Gasteiger partial charge in [0.05, 0.1) is 10.6 Å². The molecule has 1 amide bonds. The van der Waals surface area contributed by atoms with Crippen molar-refractivity contribution in [1.29, 1.82) is 0 Å². The van der Waals surface area contributed by atoms with E-state index < -0.39 is 0 Å². The van der Waals surface area contributed by atoms with E-state index in [1.807, 2.05) is 12.1 Å². The molecule has 2 aliphatic rings. The van der Waals surface area contributed by atoms with Crippen LogP contribution in [-0.4, -0.2) is 38.6 Å². The zero-order chi connectivity index (χ0) is 19.1. The van der Waals surface area contributed by atoms with E-state index >= 15 is 0 Å². The lowest BCUT2D eigenvalue weighted by atomic mass is 9.62. The first-order chi connectivity index (χ1) is 13.1. The van der Waals surface area contributed by atoms with E-state index in [0.717, 1.165) is 37.8 Å². The molecule has 0 aromatic heterocycles. The molecule has 1 aromatic rings. The monoisotopic (exact) mass is 408 g/mol. The summed E-state index contributed by atoms with van der Waals surface area (Å²) in [5.74, 6) is 0.806. The van der Waals surface area contributed by atoms with Crippen LogP contribution >= 0.6 is 11.6 Å². The topological polar surface area (TPSA) is 79.2 Å². The van der Waals surface area contributed by atoms with E-state index in [-0.39, 0.29) is 13.3 Å². The highest BCUT2D eigenvalue weighted by Crippen LogP contribution is 2.48. The van der Waals surface area contributed by atoms with Crippen LogP contribution in [0.5, 0.6) is 0 Å². The highest BCUT2D eigenvalue weighted by atomic mass is 35.5. The zero-order valence-electron chi connectivity index (χ0n) is 16.2. The van der Waals surface area contributed by atoms with Crippen LogP contribution in [0.3, 0.4) is 0 Å². The fourth-order valence-electron chi connectivity index (χ4n) is 4.76. The number of hydrogen-bond donors (Lipinski definition) is 4. The molecule has 2 fully saturated rings. The summed E-state index contributed by atoms with van der Waals surface area (Å²) in [6.45, 7) is 3.81. The van der Waals surface area contributed by atoms with Gasteiger partial charge in [0, 0.05) is 38.4 Å². The van der Waals surface area contributed by atoms with E-state index in [1.54, 1.807) is 6.07 Å². The summed E-state index contributed by atoms with van der Waals surface area (Å²) in [6, 6.07) is 5.55. The van der Waals surface area contributed by atoms with Crippen LogP contribution in [0.25, 0.3) is 0 Å². The third-order valence-corrected chi connectivity index (χ3v) is 6.48. The second kappa shape index (κ2) is 11.0. The van der Waals surface area contributed by atoms with Crippen molar-refractivity contribution in [3.63, 3.8) is 0 Å². The molecule has 5 nitrogen and oxygen atoms in total. The zero-order valence-corrected chi connectivity index (χ0v) is 16.9. The van der Waals surface area contributed by atoms with Gasteiger partial charge in [-0.1, -0.05) is 44.7 Å². The van der Waals surface area contributed by atoms with Crippen LogP contribution in [0.15, 0.2) is 18.2 Å². The largest absolute Gasteiger partial charge is 0.384 e. The lowest BCUT2D eigenvalue weighted by Crippen LogP contribution is -2.43. The Kier molecular flexibility index (Phi) is 9.06. The number of halogens is 1. The molecule has 2 saturated carbocycles. The number of hydrogen-bond acceptors (Lipinski definition) is 4. The third-order valence-electron chi connectivity index (χ3n) is 6.15. The molecule has 0 spiro atoms. The van der Waals surface area contributed by atoms with Crippen molar-refractivity contribution >= 4 is 23.2 Å². The average molecular weight is 409 g/mol. The van der Waals surface area contributed by atoms with Gasteiger partial charge in [0.25, 0.3) is 5.91 Å². The molecule has 0 unspecified atom stereocenters. The summed E-state index contributed by atoms with van der Waals surface area (Å²) in [5, 5.41) is 10.3. The van der Waals surface area contributed by atoms with E-state index in [2.05, 4.69) is 16.0 Å². The van der Waals surface area contributed by atoms with Gasteiger partial charge in [-0.2, -0.15) is 0 Å². The predicted octanol–water partition coefficient (Wildman–Crippen LogP) is 4.03. The third kappa shape index (κ3) is 6.10. The number of benzene rings is 1. The molecule has 1 aromatic carbocycles. The maximum absolute atomic E-state index is 12.8. The van der Waals surface area contributed by atoms with Gasteiger partial charge in [0.15, 0.2) is 0 Å². The van der Waals surface area contributed by atoms with Gasteiger partial charge in [-0.3, -0.25) is 4.79 Å². The maximum atomic E-state index is 12.8. The van der Waals surface area contributed by atoms with Crippen LogP contribution in [0, 0.1) is 11.3 Å². The molecule has 0 saturated heterocycles. The van der Waals surface area contributed by atoms with Crippen LogP contribution in [0.1, 0.15) is 62.7 Å². The lowest BCUT2D eigenvalue weighted by Gasteiger charge is -2.45. The molecule has 2 aliphatic carbocycles. The molecule has 0 aliphatic heterocycles. The van der Waals surface area contributed by atoms with Gasteiger partial charge < -0.3 is 21.7 Å². The van der Waals surface area contributed by atoms with Gasteiger partial charge in [0.2, 0.25) is 0 Å². The molecule has 28 heavy (non-hydrogen) atoms. The second-order valence-corrected chi connectivity index (χ2v) is 8.60. The normalized spacial score (nSPS) is 23.6. The number of amides is 1. The van der Waals surface area contributed by atoms with Crippen molar-refractivity contribution in [1.82, 2.24) is 10.6 Å². The Morgan fingerprint density at radius 1 is 1.18 bits per heavy atom. The minimum absolute atomic E-state index is 0. The quantitative estimate of drug-likeness (QED) is 0.465. The second-order valence-electron chi connectivity index (χ2n) is 8.20. The Bertz CT molecular complexity index is 627. The van der Waals surface area contributed by atoms with Crippen LogP contribution < -0.4 is 21.7 Å². The van der Waals surface area contributed by atoms with Gasteiger partial charge in [0.1, 0.15) is 0 Å². The van der Waals surface area contributed by atoms with Gasteiger partial charge >= 0.3 is 0 Å². The van der Waals surface area contributed by atoms with E-state index in [1.165, 1.54) is 44.9 Å². The molecular weight excluding hydrogens is 372 g/mol. The number of nitrogens with one attached hydrogen (secondary N) is 3. The minimum Gasteiger partial charge on any atom is -0.384 e.